The Balaban J connectivity index is 1.84. The molecule has 3 aliphatic rings. The van der Waals surface area contributed by atoms with Crippen LogP contribution in [0.1, 0.15) is 30.8 Å². The van der Waals surface area contributed by atoms with Crippen LogP contribution in [0, 0.1) is 12.3 Å². The molecular weight excluding hydrogens is 240 g/mol. The molecule has 3 fully saturated rings. The van der Waals surface area contributed by atoms with Gasteiger partial charge in [-0.3, -0.25) is 4.79 Å². The fourth-order valence-corrected chi connectivity index (χ4v) is 3.46. The van der Waals surface area contributed by atoms with Crippen molar-refractivity contribution >= 4 is 17.6 Å². The van der Waals surface area contributed by atoms with E-state index in [1.54, 1.807) is 6.07 Å². The lowest BCUT2D eigenvalue weighted by molar-refractivity contribution is -0.199. The molecule has 0 N–H and O–H groups in total. The summed E-state index contributed by atoms with van der Waals surface area (Å²) in [5.41, 5.74) is 0.592. The van der Waals surface area contributed by atoms with Crippen molar-refractivity contribution < 1.29 is 9.53 Å². The highest BCUT2D eigenvalue weighted by Crippen LogP contribution is 2.73. The van der Waals surface area contributed by atoms with Crippen LogP contribution in [0.5, 0.6) is 0 Å². The Labute approximate surface area is 104 Å². The van der Waals surface area contributed by atoms with Crippen LogP contribution in [0.2, 0.25) is 5.15 Å². The summed E-state index contributed by atoms with van der Waals surface area (Å²) in [4.78, 5) is 20.3. The molecule has 2 bridgehead atoms. The smallest absolute Gasteiger partial charge is 0.311 e. The molecular formula is C12H13ClN2O2. The summed E-state index contributed by atoms with van der Waals surface area (Å²) in [6.45, 7) is 1.90. The SMILES string of the molecule is COC(=O)C12CC(c3nc(C)cc(Cl)n3)(C1)C2. The van der Waals surface area contributed by atoms with Gasteiger partial charge in [0.25, 0.3) is 0 Å². The second-order valence-corrected chi connectivity index (χ2v) is 5.63. The zero-order valence-electron chi connectivity index (χ0n) is 9.79. The van der Waals surface area contributed by atoms with Gasteiger partial charge in [-0.25, -0.2) is 9.97 Å². The van der Waals surface area contributed by atoms with Crippen LogP contribution in [-0.2, 0) is 14.9 Å². The van der Waals surface area contributed by atoms with E-state index < -0.39 is 0 Å². The maximum atomic E-state index is 11.6. The van der Waals surface area contributed by atoms with Crippen molar-refractivity contribution in [1.29, 1.82) is 0 Å². The van der Waals surface area contributed by atoms with E-state index in [0.29, 0.717) is 5.15 Å². The van der Waals surface area contributed by atoms with E-state index in [4.69, 9.17) is 16.3 Å². The molecule has 0 saturated heterocycles. The molecule has 3 saturated carbocycles. The summed E-state index contributed by atoms with van der Waals surface area (Å²) in [6, 6.07) is 1.74. The second kappa shape index (κ2) is 3.19. The van der Waals surface area contributed by atoms with Crippen molar-refractivity contribution in [1.82, 2.24) is 9.97 Å². The lowest BCUT2D eigenvalue weighted by Crippen LogP contribution is -2.68. The maximum Gasteiger partial charge on any atom is 0.311 e. The first-order chi connectivity index (χ1) is 8.00. The molecule has 4 nitrogen and oxygen atoms in total. The number of esters is 1. The van der Waals surface area contributed by atoms with Gasteiger partial charge in [0.2, 0.25) is 0 Å². The molecule has 1 heterocycles. The van der Waals surface area contributed by atoms with Gasteiger partial charge in [-0.15, -0.1) is 0 Å². The van der Waals surface area contributed by atoms with Crippen LogP contribution in [0.25, 0.3) is 0 Å². The Morgan fingerprint density at radius 3 is 2.59 bits per heavy atom. The predicted molar refractivity (Wildman–Crippen MR) is 61.8 cm³/mol. The molecule has 1 aromatic heterocycles. The van der Waals surface area contributed by atoms with Crippen LogP contribution < -0.4 is 0 Å². The zero-order valence-corrected chi connectivity index (χ0v) is 10.5. The van der Waals surface area contributed by atoms with Crippen molar-refractivity contribution in [2.45, 2.75) is 31.6 Å². The number of aryl methyl sites for hydroxylation is 1. The molecule has 0 aliphatic heterocycles. The molecule has 0 atom stereocenters. The topological polar surface area (TPSA) is 52.1 Å². The number of hydrogen-bond acceptors (Lipinski definition) is 4. The largest absolute Gasteiger partial charge is 0.469 e. The van der Waals surface area contributed by atoms with E-state index >= 15 is 0 Å². The minimum absolute atomic E-state index is 0.0240. The summed E-state index contributed by atoms with van der Waals surface area (Å²) < 4.78 is 4.82. The molecule has 3 aliphatic carbocycles. The van der Waals surface area contributed by atoms with Crippen molar-refractivity contribution in [2.75, 3.05) is 7.11 Å². The van der Waals surface area contributed by atoms with Crippen LogP contribution in [0.3, 0.4) is 0 Å². The summed E-state index contributed by atoms with van der Waals surface area (Å²) in [5.74, 6) is 0.686. The number of carbonyl (C=O) groups is 1. The Kier molecular flexibility index (Phi) is 2.06. The van der Waals surface area contributed by atoms with E-state index in [0.717, 1.165) is 30.8 Å². The minimum Gasteiger partial charge on any atom is -0.469 e. The van der Waals surface area contributed by atoms with E-state index in [9.17, 15) is 4.79 Å². The van der Waals surface area contributed by atoms with E-state index in [2.05, 4.69) is 9.97 Å². The number of nitrogens with zero attached hydrogens (tertiary/aromatic N) is 2. The molecule has 4 rings (SSSR count). The van der Waals surface area contributed by atoms with Gasteiger partial charge in [0.05, 0.1) is 12.5 Å². The number of hydrogen-bond donors (Lipinski definition) is 0. The highest BCUT2D eigenvalue weighted by Gasteiger charge is 2.74. The molecule has 1 aromatic rings. The summed E-state index contributed by atoms with van der Waals surface area (Å²) in [5, 5.41) is 0.476. The molecule has 0 unspecified atom stereocenters. The Hall–Kier alpha value is -1.16. The fraction of sp³-hybridized carbons (Fsp3) is 0.583. The van der Waals surface area contributed by atoms with Gasteiger partial charge in [-0.05, 0) is 32.3 Å². The van der Waals surface area contributed by atoms with Crippen LogP contribution >= 0.6 is 11.6 Å². The van der Waals surface area contributed by atoms with Gasteiger partial charge in [-0.2, -0.15) is 0 Å². The number of halogens is 1. The van der Waals surface area contributed by atoms with Crippen molar-refractivity contribution in [3.05, 3.63) is 22.7 Å². The molecule has 17 heavy (non-hydrogen) atoms. The van der Waals surface area contributed by atoms with E-state index in [1.807, 2.05) is 6.92 Å². The number of methoxy groups -OCH3 is 1. The van der Waals surface area contributed by atoms with Gasteiger partial charge in [0.1, 0.15) is 11.0 Å². The van der Waals surface area contributed by atoms with Crippen LogP contribution in [0.15, 0.2) is 6.07 Å². The van der Waals surface area contributed by atoms with Crippen molar-refractivity contribution in [2.24, 2.45) is 5.41 Å². The quantitative estimate of drug-likeness (QED) is 0.597. The van der Waals surface area contributed by atoms with Gasteiger partial charge < -0.3 is 4.74 Å². The predicted octanol–water partition coefficient (Wildman–Crippen LogP) is 2.03. The number of aromatic nitrogens is 2. The third kappa shape index (κ3) is 1.33. The first-order valence-electron chi connectivity index (χ1n) is 5.60. The average molecular weight is 253 g/mol. The maximum absolute atomic E-state index is 11.6. The zero-order chi connectivity index (χ0) is 12.3. The van der Waals surface area contributed by atoms with Gasteiger partial charge in [-0.1, -0.05) is 11.6 Å². The highest BCUT2D eigenvalue weighted by molar-refractivity contribution is 6.29. The molecule has 0 spiro atoms. The number of ether oxygens (including phenoxy) is 1. The molecule has 0 amide bonds. The first-order valence-corrected chi connectivity index (χ1v) is 5.98. The van der Waals surface area contributed by atoms with Crippen molar-refractivity contribution in [3.8, 4) is 0 Å². The molecule has 5 heteroatoms. The lowest BCUT2D eigenvalue weighted by atomic mass is 9.35. The van der Waals surface area contributed by atoms with Gasteiger partial charge in [0, 0.05) is 11.1 Å². The summed E-state index contributed by atoms with van der Waals surface area (Å²) >= 11 is 5.94. The van der Waals surface area contributed by atoms with Gasteiger partial charge in [0.15, 0.2) is 0 Å². The molecule has 0 aromatic carbocycles. The Morgan fingerprint density at radius 2 is 2.06 bits per heavy atom. The minimum atomic E-state index is -0.256. The standard InChI is InChI=1S/C12H13ClN2O2/c1-7-3-8(13)15-9(14-7)11-4-12(5-11,6-11)10(16)17-2/h3H,4-6H2,1-2H3. The van der Waals surface area contributed by atoms with Gasteiger partial charge >= 0.3 is 5.97 Å². The molecule has 0 radical (unpaired) electrons. The third-order valence-corrected chi connectivity index (χ3v) is 4.14. The fourth-order valence-electron chi connectivity index (χ4n) is 3.23. The van der Waals surface area contributed by atoms with Crippen LogP contribution in [-0.4, -0.2) is 23.0 Å². The number of carbonyl (C=O) groups excluding carboxylic acids is 1. The van der Waals surface area contributed by atoms with E-state index in [-0.39, 0.29) is 16.8 Å². The first kappa shape index (κ1) is 11.0. The van der Waals surface area contributed by atoms with E-state index in [1.165, 1.54) is 7.11 Å². The monoisotopic (exact) mass is 252 g/mol. The third-order valence-electron chi connectivity index (χ3n) is 3.95. The lowest BCUT2D eigenvalue weighted by Gasteiger charge is -2.67. The summed E-state index contributed by atoms with van der Waals surface area (Å²) in [6.07, 6.45) is 2.39. The van der Waals surface area contributed by atoms with Crippen LogP contribution in [0.4, 0.5) is 0 Å². The number of rotatable bonds is 2. The normalized spacial score (nSPS) is 33.6. The molecule has 90 valence electrons. The summed E-state index contributed by atoms with van der Waals surface area (Å²) in [7, 11) is 1.44. The Bertz CT molecular complexity index is 475. The van der Waals surface area contributed by atoms with Crippen molar-refractivity contribution in [3.63, 3.8) is 0 Å². The average Bonchev–Trinajstić information content (AvgIpc) is 2.11. The Morgan fingerprint density at radius 1 is 1.41 bits per heavy atom. The second-order valence-electron chi connectivity index (χ2n) is 5.24. The highest BCUT2D eigenvalue weighted by atomic mass is 35.5.